The van der Waals surface area contributed by atoms with Gasteiger partial charge in [-0.05, 0) is 31.8 Å². The summed E-state index contributed by atoms with van der Waals surface area (Å²) in [4.78, 5) is 57.4. The summed E-state index contributed by atoms with van der Waals surface area (Å²) in [6, 6.07) is 0.236. The molecule has 0 fully saturated rings. The molecule has 4 heterocycles. The molecule has 192 valence electrons. The first-order valence-electron chi connectivity index (χ1n) is 12.0. The second-order valence-electron chi connectivity index (χ2n) is 8.13. The van der Waals surface area contributed by atoms with E-state index in [4.69, 9.17) is 0 Å². The number of hydrogen-bond acceptors (Lipinski definition) is 8. The zero-order valence-corrected chi connectivity index (χ0v) is 21.2. The SMILES string of the molecule is C=Cc1cnc2c(n1)[nH]c(=O)n2C(CC)CC.CCC(CC)n1c(=O)[nH]c2nc(C(=O)OC)cnc21. The van der Waals surface area contributed by atoms with Crippen molar-refractivity contribution in [3.8, 4) is 0 Å². The van der Waals surface area contributed by atoms with Crippen molar-refractivity contribution in [1.29, 1.82) is 0 Å². The predicted octanol–water partition coefficient (Wildman–Crippen LogP) is 3.39. The Bertz CT molecular complexity index is 1470. The van der Waals surface area contributed by atoms with E-state index >= 15 is 0 Å². The number of imidazole rings is 2. The number of nitrogens with zero attached hydrogens (tertiary/aromatic N) is 6. The van der Waals surface area contributed by atoms with Gasteiger partial charge in [0, 0.05) is 12.1 Å². The number of aromatic nitrogens is 8. The van der Waals surface area contributed by atoms with Gasteiger partial charge in [-0.25, -0.2) is 34.3 Å². The van der Waals surface area contributed by atoms with E-state index in [9.17, 15) is 14.4 Å². The number of nitrogens with one attached hydrogen (secondary N) is 2. The number of esters is 1. The highest BCUT2D eigenvalue weighted by Crippen LogP contribution is 2.19. The first-order valence-corrected chi connectivity index (χ1v) is 12.0. The van der Waals surface area contributed by atoms with Crippen LogP contribution in [-0.4, -0.2) is 52.1 Å². The number of ether oxygens (including phenoxy) is 1. The molecule has 0 saturated carbocycles. The lowest BCUT2D eigenvalue weighted by molar-refractivity contribution is 0.0594. The van der Waals surface area contributed by atoms with Crippen LogP contribution < -0.4 is 11.4 Å². The molecule has 0 bridgehead atoms. The van der Waals surface area contributed by atoms with Crippen LogP contribution in [0.5, 0.6) is 0 Å². The summed E-state index contributed by atoms with van der Waals surface area (Å²) in [6.07, 6.45) is 8.00. The highest BCUT2D eigenvalue weighted by molar-refractivity contribution is 5.88. The van der Waals surface area contributed by atoms with E-state index in [0.29, 0.717) is 28.3 Å². The minimum absolute atomic E-state index is 0.0690. The van der Waals surface area contributed by atoms with Crippen LogP contribution in [0.15, 0.2) is 28.6 Å². The monoisotopic (exact) mass is 496 g/mol. The largest absolute Gasteiger partial charge is 0.464 e. The summed E-state index contributed by atoms with van der Waals surface area (Å²) in [5.41, 5.74) is 2.25. The lowest BCUT2D eigenvalue weighted by atomic mass is 10.2. The van der Waals surface area contributed by atoms with E-state index in [1.807, 2.05) is 13.8 Å². The summed E-state index contributed by atoms with van der Waals surface area (Å²) in [5, 5.41) is 0. The molecule has 2 N–H and O–H groups in total. The van der Waals surface area contributed by atoms with Gasteiger partial charge in [-0.15, -0.1) is 0 Å². The minimum atomic E-state index is -0.578. The highest BCUT2D eigenvalue weighted by Gasteiger charge is 2.18. The number of H-pyrrole nitrogens is 2. The van der Waals surface area contributed by atoms with Crippen molar-refractivity contribution in [2.45, 2.75) is 65.5 Å². The molecule has 4 aromatic heterocycles. The number of aromatic amines is 2. The van der Waals surface area contributed by atoms with Gasteiger partial charge in [0.15, 0.2) is 28.3 Å². The van der Waals surface area contributed by atoms with E-state index < -0.39 is 5.97 Å². The molecule has 0 aromatic carbocycles. The van der Waals surface area contributed by atoms with Gasteiger partial charge in [0.2, 0.25) is 0 Å². The lowest BCUT2D eigenvalue weighted by Crippen LogP contribution is -2.21. The van der Waals surface area contributed by atoms with Crippen LogP contribution in [0, 0.1) is 0 Å². The Hall–Kier alpha value is -4.09. The van der Waals surface area contributed by atoms with Crippen molar-refractivity contribution in [2.75, 3.05) is 7.11 Å². The van der Waals surface area contributed by atoms with Crippen molar-refractivity contribution in [3.05, 3.63) is 51.3 Å². The van der Waals surface area contributed by atoms with Crippen LogP contribution >= 0.6 is 0 Å². The maximum absolute atomic E-state index is 12.0. The Balaban J connectivity index is 0.000000202. The second kappa shape index (κ2) is 11.6. The Kier molecular flexibility index (Phi) is 8.51. The Morgan fingerprint density at radius 3 is 1.83 bits per heavy atom. The molecule has 0 spiro atoms. The standard InChI is InChI=1S/C12H16N4O3.C12H16N4O/c1-4-7(5-2)16-10-9(15-12(16)18)14-8(6-13-10)11(17)19-3;1-4-8-7-13-11-10(14-8)15-12(17)16(11)9(5-2)6-3/h6-7H,4-5H2,1-3H3,(H,14,15,18);4,7,9H,1,5-6H2,2-3H3,(H,14,15,17). The third kappa shape index (κ3) is 5.11. The molecule has 0 aliphatic carbocycles. The molecule has 0 radical (unpaired) electrons. The summed E-state index contributed by atoms with van der Waals surface area (Å²) >= 11 is 0. The van der Waals surface area contributed by atoms with Gasteiger partial charge in [-0.2, -0.15) is 0 Å². The molecule has 36 heavy (non-hydrogen) atoms. The second-order valence-corrected chi connectivity index (χ2v) is 8.13. The summed E-state index contributed by atoms with van der Waals surface area (Å²) in [6.45, 7) is 11.8. The van der Waals surface area contributed by atoms with E-state index in [0.717, 1.165) is 25.7 Å². The molecular weight excluding hydrogens is 464 g/mol. The first kappa shape index (κ1) is 26.5. The summed E-state index contributed by atoms with van der Waals surface area (Å²) in [5.74, 6) is -0.578. The van der Waals surface area contributed by atoms with E-state index in [1.165, 1.54) is 13.3 Å². The van der Waals surface area contributed by atoms with E-state index in [2.05, 4.69) is 55.1 Å². The number of methoxy groups -OCH3 is 1. The lowest BCUT2D eigenvalue weighted by Gasteiger charge is -2.13. The quantitative estimate of drug-likeness (QED) is 0.352. The number of carbonyl (C=O) groups is 1. The van der Waals surface area contributed by atoms with E-state index in [1.54, 1.807) is 21.4 Å². The van der Waals surface area contributed by atoms with Gasteiger partial charge < -0.3 is 4.74 Å². The molecule has 4 aromatic rings. The van der Waals surface area contributed by atoms with Crippen LogP contribution in [0.4, 0.5) is 0 Å². The average molecular weight is 497 g/mol. The Morgan fingerprint density at radius 2 is 1.39 bits per heavy atom. The smallest absolute Gasteiger partial charge is 0.358 e. The van der Waals surface area contributed by atoms with Crippen LogP contribution in [0.2, 0.25) is 0 Å². The van der Waals surface area contributed by atoms with Crippen LogP contribution in [-0.2, 0) is 4.74 Å². The zero-order chi connectivity index (χ0) is 26.4. The number of rotatable bonds is 8. The molecule has 0 atom stereocenters. The molecule has 0 aliphatic rings. The fourth-order valence-corrected chi connectivity index (χ4v) is 4.10. The van der Waals surface area contributed by atoms with Gasteiger partial charge in [-0.1, -0.05) is 34.3 Å². The van der Waals surface area contributed by atoms with Crippen LogP contribution in [0.1, 0.15) is 81.6 Å². The van der Waals surface area contributed by atoms with Crippen molar-refractivity contribution < 1.29 is 9.53 Å². The van der Waals surface area contributed by atoms with Gasteiger partial charge in [-0.3, -0.25) is 19.1 Å². The summed E-state index contributed by atoms with van der Waals surface area (Å²) in [7, 11) is 1.27. The van der Waals surface area contributed by atoms with Crippen molar-refractivity contribution >= 4 is 34.6 Å². The first-order chi connectivity index (χ1) is 17.3. The number of carbonyl (C=O) groups excluding carboxylic acids is 1. The summed E-state index contributed by atoms with van der Waals surface area (Å²) < 4.78 is 7.85. The van der Waals surface area contributed by atoms with Crippen molar-refractivity contribution in [2.24, 2.45) is 0 Å². The Morgan fingerprint density at radius 1 is 0.917 bits per heavy atom. The van der Waals surface area contributed by atoms with Gasteiger partial charge in [0.05, 0.1) is 25.2 Å². The molecule has 12 nitrogen and oxygen atoms in total. The van der Waals surface area contributed by atoms with Crippen LogP contribution in [0.3, 0.4) is 0 Å². The molecule has 0 unspecified atom stereocenters. The molecule has 4 rings (SSSR count). The maximum atomic E-state index is 12.0. The van der Waals surface area contributed by atoms with Crippen molar-refractivity contribution in [3.63, 3.8) is 0 Å². The van der Waals surface area contributed by atoms with Gasteiger partial charge in [0.25, 0.3) is 0 Å². The zero-order valence-electron chi connectivity index (χ0n) is 21.2. The van der Waals surface area contributed by atoms with Gasteiger partial charge in [0.1, 0.15) is 0 Å². The Labute approximate surface area is 207 Å². The number of hydrogen-bond donors (Lipinski definition) is 2. The highest BCUT2D eigenvalue weighted by atomic mass is 16.5. The minimum Gasteiger partial charge on any atom is -0.464 e. The third-order valence-electron chi connectivity index (χ3n) is 6.09. The molecule has 0 saturated heterocycles. The topological polar surface area (TPSA) is 153 Å². The average Bonchev–Trinajstić information content (AvgIpc) is 3.40. The van der Waals surface area contributed by atoms with Crippen LogP contribution in [0.25, 0.3) is 28.7 Å². The normalized spacial score (nSPS) is 11.2. The third-order valence-corrected chi connectivity index (χ3v) is 6.09. The predicted molar refractivity (Wildman–Crippen MR) is 137 cm³/mol. The van der Waals surface area contributed by atoms with Gasteiger partial charge >= 0.3 is 17.3 Å². The maximum Gasteiger partial charge on any atom is 0.358 e. The molecule has 0 aliphatic heterocycles. The molecule has 12 heteroatoms. The fraction of sp³-hybridized carbons (Fsp3) is 0.458. The van der Waals surface area contributed by atoms with E-state index in [-0.39, 0.29) is 29.2 Å². The fourth-order valence-electron chi connectivity index (χ4n) is 4.10. The number of fused-ring (bicyclic) bond motifs is 2. The molecule has 0 amide bonds. The van der Waals surface area contributed by atoms with Crippen molar-refractivity contribution in [1.82, 2.24) is 39.0 Å². The molecular formula is C24H32N8O4.